The lowest BCUT2D eigenvalue weighted by molar-refractivity contribution is -0.126. The fourth-order valence-electron chi connectivity index (χ4n) is 2.01. The highest BCUT2D eigenvalue weighted by molar-refractivity contribution is 5.77. The third-order valence-electron chi connectivity index (χ3n) is 3.14. The lowest BCUT2D eigenvalue weighted by Gasteiger charge is -2.26. The van der Waals surface area contributed by atoms with Crippen molar-refractivity contribution >= 4 is 5.91 Å². The summed E-state index contributed by atoms with van der Waals surface area (Å²) in [5.41, 5.74) is 5.83. The Labute approximate surface area is 103 Å². The highest BCUT2D eigenvalue weighted by Crippen LogP contribution is 2.22. The van der Waals surface area contributed by atoms with Crippen molar-refractivity contribution in [2.45, 2.75) is 31.7 Å². The topological polar surface area (TPSA) is 73.6 Å². The quantitative estimate of drug-likeness (QED) is 0.631. The normalized spacial score (nSPS) is 24.6. The molecule has 0 aromatic carbocycles. The average molecular weight is 244 g/mol. The zero-order valence-corrected chi connectivity index (χ0v) is 10.6. The van der Waals surface area contributed by atoms with Crippen LogP contribution in [0.4, 0.5) is 0 Å². The van der Waals surface area contributed by atoms with Crippen LogP contribution in [-0.2, 0) is 14.3 Å². The van der Waals surface area contributed by atoms with Gasteiger partial charge in [0.1, 0.15) is 6.61 Å². The molecule has 17 heavy (non-hydrogen) atoms. The SMILES string of the molecule is COCCOCC(=O)NCC1CCC(N)CC1. The van der Waals surface area contributed by atoms with Crippen molar-refractivity contribution in [3.05, 3.63) is 0 Å². The molecule has 0 saturated heterocycles. The standard InChI is InChI=1S/C12H24N2O3/c1-16-6-7-17-9-12(15)14-8-10-2-4-11(13)5-3-10/h10-11H,2-9,13H2,1H3,(H,14,15). The van der Waals surface area contributed by atoms with Crippen LogP contribution in [-0.4, -0.2) is 45.4 Å². The Bertz CT molecular complexity index is 216. The summed E-state index contributed by atoms with van der Waals surface area (Å²) in [5, 5.41) is 2.90. The molecule has 0 spiro atoms. The predicted octanol–water partition coefficient (Wildman–Crippen LogP) is 0.283. The van der Waals surface area contributed by atoms with E-state index in [1.807, 2.05) is 0 Å². The van der Waals surface area contributed by atoms with Crippen LogP contribution in [0.5, 0.6) is 0 Å². The maximum Gasteiger partial charge on any atom is 0.246 e. The van der Waals surface area contributed by atoms with E-state index < -0.39 is 0 Å². The summed E-state index contributed by atoms with van der Waals surface area (Å²) in [6.07, 6.45) is 4.38. The largest absolute Gasteiger partial charge is 0.382 e. The first kappa shape index (κ1) is 14.4. The molecule has 0 heterocycles. The lowest BCUT2D eigenvalue weighted by atomic mass is 9.86. The van der Waals surface area contributed by atoms with Gasteiger partial charge in [0.2, 0.25) is 5.91 Å². The first-order valence-corrected chi connectivity index (χ1v) is 6.31. The Morgan fingerprint density at radius 1 is 1.29 bits per heavy atom. The highest BCUT2D eigenvalue weighted by atomic mass is 16.5. The first-order chi connectivity index (χ1) is 8.22. The Kier molecular flexibility index (Phi) is 7.16. The van der Waals surface area contributed by atoms with Gasteiger partial charge in [0.05, 0.1) is 13.2 Å². The van der Waals surface area contributed by atoms with Gasteiger partial charge >= 0.3 is 0 Å². The molecule has 0 aromatic rings. The summed E-state index contributed by atoms with van der Waals surface area (Å²) in [5.74, 6) is 0.536. The van der Waals surface area contributed by atoms with Gasteiger partial charge in [0.25, 0.3) is 0 Å². The van der Waals surface area contributed by atoms with Crippen molar-refractivity contribution in [2.24, 2.45) is 11.7 Å². The minimum absolute atomic E-state index is 0.0454. The summed E-state index contributed by atoms with van der Waals surface area (Å²) in [7, 11) is 1.61. The van der Waals surface area contributed by atoms with Gasteiger partial charge in [0, 0.05) is 19.7 Å². The molecule has 0 aromatic heterocycles. The van der Waals surface area contributed by atoms with Gasteiger partial charge in [-0.15, -0.1) is 0 Å². The zero-order chi connectivity index (χ0) is 12.5. The molecule has 1 aliphatic rings. The molecular formula is C12H24N2O3. The van der Waals surface area contributed by atoms with Crippen molar-refractivity contribution in [3.8, 4) is 0 Å². The average Bonchev–Trinajstić information content (AvgIpc) is 2.34. The molecule has 1 fully saturated rings. The van der Waals surface area contributed by atoms with E-state index in [-0.39, 0.29) is 12.5 Å². The number of nitrogens with two attached hydrogens (primary N) is 1. The van der Waals surface area contributed by atoms with Crippen molar-refractivity contribution in [1.82, 2.24) is 5.32 Å². The fourth-order valence-corrected chi connectivity index (χ4v) is 2.01. The molecule has 1 aliphatic carbocycles. The van der Waals surface area contributed by atoms with Gasteiger partial charge in [-0.05, 0) is 31.6 Å². The van der Waals surface area contributed by atoms with E-state index in [1.165, 1.54) is 0 Å². The molecule has 1 amide bonds. The number of carbonyl (C=O) groups excluding carboxylic acids is 1. The second-order valence-electron chi connectivity index (χ2n) is 4.63. The maximum absolute atomic E-state index is 11.4. The number of ether oxygens (including phenoxy) is 2. The molecule has 0 bridgehead atoms. The summed E-state index contributed by atoms with van der Waals surface area (Å²) in [6.45, 7) is 1.85. The van der Waals surface area contributed by atoms with Crippen LogP contribution < -0.4 is 11.1 Å². The van der Waals surface area contributed by atoms with Crippen molar-refractivity contribution < 1.29 is 14.3 Å². The number of hydrogen-bond donors (Lipinski definition) is 2. The van der Waals surface area contributed by atoms with Crippen molar-refractivity contribution in [1.29, 1.82) is 0 Å². The number of hydrogen-bond acceptors (Lipinski definition) is 4. The second-order valence-corrected chi connectivity index (χ2v) is 4.63. The van der Waals surface area contributed by atoms with Crippen LogP contribution >= 0.6 is 0 Å². The van der Waals surface area contributed by atoms with E-state index in [0.717, 1.165) is 32.2 Å². The molecular weight excluding hydrogens is 220 g/mol. The Balaban J connectivity index is 1.99. The molecule has 3 N–H and O–H groups in total. The summed E-state index contributed by atoms with van der Waals surface area (Å²) < 4.78 is 9.96. The van der Waals surface area contributed by atoms with E-state index >= 15 is 0 Å². The van der Waals surface area contributed by atoms with Crippen molar-refractivity contribution in [3.63, 3.8) is 0 Å². The number of rotatable bonds is 7. The van der Waals surface area contributed by atoms with Gasteiger partial charge in [0.15, 0.2) is 0 Å². The van der Waals surface area contributed by atoms with E-state index in [9.17, 15) is 4.79 Å². The summed E-state index contributed by atoms with van der Waals surface area (Å²) >= 11 is 0. The fraction of sp³-hybridized carbons (Fsp3) is 0.917. The Hall–Kier alpha value is -0.650. The maximum atomic E-state index is 11.4. The predicted molar refractivity (Wildman–Crippen MR) is 65.6 cm³/mol. The first-order valence-electron chi connectivity index (χ1n) is 6.31. The summed E-state index contributed by atoms with van der Waals surface area (Å²) in [6, 6.07) is 0.360. The van der Waals surface area contributed by atoms with Crippen LogP contribution in [0.1, 0.15) is 25.7 Å². The van der Waals surface area contributed by atoms with Crippen LogP contribution in [0.15, 0.2) is 0 Å². The Morgan fingerprint density at radius 3 is 2.65 bits per heavy atom. The molecule has 0 aliphatic heterocycles. The molecule has 100 valence electrons. The van der Waals surface area contributed by atoms with Crippen LogP contribution in [0.3, 0.4) is 0 Å². The molecule has 5 heteroatoms. The number of methoxy groups -OCH3 is 1. The monoisotopic (exact) mass is 244 g/mol. The molecule has 0 unspecified atom stereocenters. The van der Waals surface area contributed by atoms with Crippen LogP contribution in [0, 0.1) is 5.92 Å². The molecule has 1 rings (SSSR count). The highest BCUT2D eigenvalue weighted by Gasteiger charge is 2.18. The number of carbonyl (C=O) groups is 1. The van der Waals surface area contributed by atoms with Gasteiger partial charge in [-0.25, -0.2) is 0 Å². The van der Waals surface area contributed by atoms with E-state index in [2.05, 4.69) is 5.32 Å². The lowest BCUT2D eigenvalue weighted by Crippen LogP contribution is -2.35. The van der Waals surface area contributed by atoms with E-state index in [0.29, 0.717) is 25.2 Å². The smallest absolute Gasteiger partial charge is 0.246 e. The third-order valence-corrected chi connectivity index (χ3v) is 3.14. The molecule has 1 saturated carbocycles. The summed E-state index contributed by atoms with van der Waals surface area (Å²) in [4.78, 5) is 11.4. The van der Waals surface area contributed by atoms with Crippen molar-refractivity contribution in [2.75, 3.05) is 33.5 Å². The second kappa shape index (κ2) is 8.44. The third kappa shape index (κ3) is 6.61. The van der Waals surface area contributed by atoms with E-state index in [4.69, 9.17) is 15.2 Å². The minimum atomic E-state index is -0.0454. The number of nitrogens with one attached hydrogen (secondary N) is 1. The van der Waals surface area contributed by atoms with Gasteiger partial charge in [-0.1, -0.05) is 0 Å². The Morgan fingerprint density at radius 2 is 2.00 bits per heavy atom. The minimum Gasteiger partial charge on any atom is -0.382 e. The van der Waals surface area contributed by atoms with Gasteiger partial charge < -0.3 is 20.5 Å². The van der Waals surface area contributed by atoms with E-state index in [1.54, 1.807) is 7.11 Å². The number of amides is 1. The molecule has 0 atom stereocenters. The van der Waals surface area contributed by atoms with Crippen LogP contribution in [0.25, 0.3) is 0 Å². The molecule has 5 nitrogen and oxygen atoms in total. The molecule has 0 radical (unpaired) electrons. The van der Waals surface area contributed by atoms with Crippen LogP contribution in [0.2, 0.25) is 0 Å². The van der Waals surface area contributed by atoms with Gasteiger partial charge in [-0.3, -0.25) is 4.79 Å². The van der Waals surface area contributed by atoms with Gasteiger partial charge in [-0.2, -0.15) is 0 Å². The zero-order valence-electron chi connectivity index (χ0n) is 10.6.